The first-order valence-electron chi connectivity index (χ1n) is 4.42. The van der Waals surface area contributed by atoms with Gasteiger partial charge >= 0.3 is 5.91 Å². The topological polar surface area (TPSA) is 63.4 Å². The molecule has 0 radical (unpaired) electrons. The molecule has 14 heavy (non-hydrogen) atoms. The van der Waals surface area contributed by atoms with Gasteiger partial charge in [-0.2, -0.15) is 0 Å². The number of nitrogens with two attached hydrogens (primary N) is 1. The van der Waals surface area contributed by atoms with Gasteiger partial charge in [0.25, 0.3) is 5.78 Å². The van der Waals surface area contributed by atoms with E-state index >= 15 is 0 Å². The van der Waals surface area contributed by atoms with Crippen LogP contribution in [-0.4, -0.2) is 11.7 Å². The summed E-state index contributed by atoms with van der Waals surface area (Å²) in [6.45, 7) is 1.94. The van der Waals surface area contributed by atoms with E-state index in [4.69, 9.17) is 5.84 Å². The molecule has 1 aliphatic heterocycles. The first-order valence-corrected chi connectivity index (χ1v) is 4.42. The summed E-state index contributed by atoms with van der Waals surface area (Å²) in [5.41, 5.74) is 1.84. The summed E-state index contributed by atoms with van der Waals surface area (Å²) in [6, 6.07) is 5.31. The monoisotopic (exact) mass is 190 g/mol. The van der Waals surface area contributed by atoms with Crippen molar-refractivity contribution in [2.24, 2.45) is 5.84 Å². The largest absolute Gasteiger partial charge is 0.313 e. The molecular formula is C10H10N2O2. The molecule has 0 spiro atoms. The van der Waals surface area contributed by atoms with Crippen LogP contribution in [0.25, 0.3) is 0 Å². The van der Waals surface area contributed by atoms with E-state index in [9.17, 15) is 9.59 Å². The third kappa shape index (κ3) is 0.975. The Balaban J connectivity index is 2.69. The second kappa shape index (κ2) is 2.92. The SMILES string of the molecule is CCc1cccc2c1C(=O)C(=O)N2N. The number of amides is 1. The number of hydrogen-bond donors (Lipinski definition) is 1. The molecule has 0 aliphatic carbocycles. The molecule has 0 atom stereocenters. The number of fused-ring (bicyclic) bond motifs is 1. The lowest BCUT2D eigenvalue weighted by molar-refractivity contribution is -0.114. The van der Waals surface area contributed by atoms with Crippen LogP contribution in [0, 0.1) is 0 Å². The number of hydrazine groups is 1. The molecule has 4 nitrogen and oxygen atoms in total. The third-order valence-electron chi connectivity index (χ3n) is 2.41. The molecule has 2 rings (SSSR count). The molecule has 1 amide bonds. The Labute approximate surface area is 81.3 Å². The second-order valence-electron chi connectivity index (χ2n) is 3.17. The summed E-state index contributed by atoms with van der Waals surface area (Å²) >= 11 is 0. The number of benzene rings is 1. The fourth-order valence-electron chi connectivity index (χ4n) is 1.67. The maximum atomic E-state index is 11.5. The molecule has 72 valence electrons. The Bertz CT molecular complexity index is 426. The molecule has 0 unspecified atom stereocenters. The van der Waals surface area contributed by atoms with E-state index in [1.165, 1.54) is 0 Å². The lowest BCUT2D eigenvalue weighted by Gasteiger charge is -2.08. The summed E-state index contributed by atoms with van der Waals surface area (Å²) in [4.78, 5) is 22.8. The molecular weight excluding hydrogens is 180 g/mol. The van der Waals surface area contributed by atoms with Gasteiger partial charge in [-0.05, 0) is 18.1 Å². The Morgan fingerprint density at radius 2 is 2.07 bits per heavy atom. The highest BCUT2D eigenvalue weighted by Gasteiger charge is 2.35. The van der Waals surface area contributed by atoms with Crippen molar-refractivity contribution < 1.29 is 9.59 Å². The van der Waals surface area contributed by atoms with Crippen molar-refractivity contribution in [2.45, 2.75) is 13.3 Å². The van der Waals surface area contributed by atoms with E-state index in [2.05, 4.69) is 0 Å². The smallest absolute Gasteiger partial charge is 0.283 e. The van der Waals surface area contributed by atoms with Crippen molar-refractivity contribution in [1.29, 1.82) is 0 Å². The van der Waals surface area contributed by atoms with Crippen LogP contribution < -0.4 is 10.9 Å². The fourth-order valence-corrected chi connectivity index (χ4v) is 1.67. The minimum absolute atomic E-state index is 0.461. The van der Waals surface area contributed by atoms with Gasteiger partial charge < -0.3 is 0 Å². The first kappa shape index (κ1) is 8.90. The van der Waals surface area contributed by atoms with Gasteiger partial charge in [-0.3, -0.25) is 9.59 Å². The highest BCUT2D eigenvalue weighted by atomic mass is 16.2. The molecule has 4 heteroatoms. The van der Waals surface area contributed by atoms with E-state index in [0.29, 0.717) is 11.3 Å². The van der Waals surface area contributed by atoms with Crippen molar-refractivity contribution in [3.63, 3.8) is 0 Å². The molecule has 2 N–H and O–H groups in total. The molecule has 1 aromatic carbocycles. The van der Waals surface area contributed by atoms with E-state index in [0.717, 1.165) is 17.0 Å². The summed E-state index contributed by atoms with van der Waals surface area (Å²) in [6.07, 6.45) is 0.718. The summed E-state index contributed by atoms with van der Waals surface area (Å²) in [5, 5.41) is 0.914. The van der Waals surface area contributed by atoms with Crippen molar-refractivity contribution in [3.8, 4) is 0 Å². The van der Waals surface area contributed by atoms with Crippen LogP contribution in [0.4, 0.5) is 5.69 Å². The lowest BCUT2D eigenvalue weighted by atomic mass is 10.0. The Morgan fingerprint density at radius 3 is 2.71 bits per heavy atom. The first-order chi connectivity index (χ1) is 6.66. The van der Waals surface area contributed by atoms with Gasteiger partial charge in [0.2, 0.25) is 0 Å². The van der Waals surface area contributed by atoms with Crippen molar-refractivity contribution in [1.82, 2.24) is 0 Å². The van der Waals surface area contributed by atoms with E-state index < -0.39 is 11.7 Å². The number of carbonyl (C=O) groups is 2. The Kier molecular flexibility index (Phi) is 1.86. The molecule has 1 heterocycles. The van der Waals surface area contributed by atoms with Gasteiger partial charge in [-0.15, -0.1) is 0 Å². The van der Waals surface area contributed by atoms with Crippen LogP contribution in [0.15, 0.2) is 18.2 Å². The molecule has 0 saturated carbocycles. The van der Waals surface area contributed by atoms with Gasteiger partial charge in [0.05, 0.1) is 11.3 Å². The zero-order valence-corrected chi connectivity index (χ0v) is 7.78. The number of nitrogens with zero attached hydrogens (tertiary/aromatic N) is 1. The normalized spacial score (nSPS) is 14.9. The fraction of sp³-hybridized carbons (Fsp3) is 0.200. The van der Waals surface area contributed by atoms with Crippen LogP contribution in [0.5, 0.6) is 0 Å². The number of anilines is 1. The Hall–Kier alpha value is -1.68. The van der Waals surface area contributed by atoms with Crippen LogP contribution in [0.1, 0.15) is 22.8 Å². The summed E-state index contributed by atoms with van der Waals surface area (Å²) < 4.78 is 0. The van der Waals surface area contributed by atoms with Gasteiger partial charge in [0.1, 0.15) is 0 Å². The summed E-state index contributed by atoms with van der Waals surface area (Å²) in [5.74, 6) is 4.31. The van der Waals surface area contributed by atoms with Gasteiger partial charge in [-0.25, -0.2) is 10.9 Å². The molecule has 0 saturated heterocycles. The standard InChI is InChI=1S/C10H10N2O2/c1-2-6-4-3-5-7-8(6)9(13)10(14)12(7)11/h3-5H,2,11H2,1H3. The van der Waals surface area contributed by atoms with Gasteiger partial charge in [0, 0.05) is 0 Å². The highest BCUT2D eigenvalue weighted by Crippen LogP contribution is 2.29. The van der Waals surface area contributed by atoms with E-state index in [1.807, 2.05) is 13.0 Å². The lowest BCUT2D eigenvalue weighted by Crippen LogP contribution is -2.35. The van der Waals surface area contributed by atoms with Crippen LogP contribution >= 0.6 is 0 Å². The average Bonchev–Trinajstić information content (AvgIpc) is 2.44. The quantitative estimate of drug-likeness (QED) is 0.402. The van der Waals surface area contributed by atoms with Crippen molar-refractivity contribution in [3.05, 3.63) is 29.3 Å². The number of ketones is 1. The number of Topliss-reactive ketones (excluding diaryl/α,β-unsaturated/α-hetero) is 1. The summed E-state index contributed by atoms with van der Waals surface area (Å²) in [7, 11) is 0. The molecule has 1 aliphatic rings. The Morgan fingerprint density at radius 1 is 1.36 bits per heavy atom. The maximum absolute atomic E-state index is 11.5. The number of rotatable bonds is 1. The minimum Gasteiger partial charge on any atom is -0.283 e. The van der Waals surface area contributed by atoms with Crippen LogP contribution in [-0.2, 0) is 11.2 Å². The van der Waals surface area contributed by atoms with Gasteiger partial charge in [-0.1, -0.05) is 19.1 Å². The average molecular weight is 190 g/mol. The molecule has 1 aromatic rings. The predicted octanol–water partition coefficient (Wildman–Crippen LogP) is 0.652. The highest BCUT2D eigenvalue weighted by molar-refractivity contribution is 6.52. The van der Waals surface area contributed by atoms with E-state index in [1.54, 1.807) is 12.1 Å². The van der Waals surface area contributed by atoms with Crippen molar-refractivity contribution >= 4 is 17.4 Å². The maximum Gasteiger partial charge on any atom is 0.313 e. The minimum atomic E-state index is -0.652. The third-order valence-corrected chi connectivity index (χ3v) is 2.41. The number of hydrogen-bond acceptors (Lipinski definition) is 3. The van der Waals surface area contributed by atoms with Crippen molar-refractivity contribution in [2.75, 3.05) is 5.01 Å². The zero-order valence-electron chi connectivity index (χ0n) is 7.78. The number of aryl methyl sites for hydroxylation is 1. The molecule has 0 fully saturated rings. The second-order valence-corrected chi connectivity index (χ2v) is 3.17. The van der Waals surface area contributed by atoms with Gasteiger partial charge in [0.15, 0.2) is 0 Å². The predicted molar refractivity (Wildman–Crippen MR) is 51.8 cm³/mol. The zero-order chi connectivity index (χ0) is 10.3. The molecule has 0 aromatic heterocycles. The number of carbonyl (C=O) groups excluding carboxylic acids is 2. The molecule has 0 bridgehead atoms. The van der Waals surface area contributed by atoms with Crippen LogP contribution in [0.3, 0.4) is 0 Å². The van der Waals surface area contributed by atoms with Crippen LogP contribution in [0.2, 0.25) is 0 Å². The van der Waals surface area contributed by atoms with E-state index in [-0.39, 0.29) is 0 Å².